The summed E-state index contributed by atoms with van der Waals surface area (Å²) < 4.78 is 0. The van der Waals surface area contributed by atoms with Gasteiger partial charge in [0.15, 0.2) is 0 Å². The minimum Gasteiger partial charge on any atom is -0.356 e. The molecule has 0 bridgehead atoms. The fraction of sp³-hybridized carbons (Fsp3) is 0.455. The first-order valence-corrected chi connectivity index (χ1v) is 10.6. The van der Waals surface area contributed by atoms with E-state index < -0.39 is 0 Å². The van der Waals surface area contributed by atoms with E-state index in [4.69, 9.17) is 9.97 Å². The second-order valence-electron chi connectivity index (χ2n) is 7.87. The SMILES string of the molecule is CCNC(=O)Cc1ccc(Nc2nc(N3CCCCC3C)nc3c2C(=O)NC3)cc1. The van der Waals surface area contributed by atoms with Crippen LogP contribution in [0.3, 0.4) is 0 Å². The number of fused-ring (bicyclic) bond motifs is 1. The van der Waals surface area contributed by atoms with Crippen LogP contribution in [0.15, 0.2) is 24.3 Å². The zero-order chi connectivity index (χ0) is 21.1. The molecule has 1 aromatic carbocycles. The lowest BCUT2D eigenvalue weighted by Gasteiger charge is -2.33. The summed E-state index contributed by atoms with van der Waals surface area (Å²) in [7, 11) is 0. The summed E-state index contributed by atoms with van der Waals surface area (Å²) in [5.74, 6) is 1.05. The number of benzene rings is 1. The number of anilines is 3. The molecular weight excluding hydrogens is 380 g/mol. The number of carbonyl (C=O) groups excluding carboxylic acids is 2. The summed E-state index contributed by atoms with van der Waals surface area (Å²) in [5, 5.41) is 8.95. The average Bonchev–Trinajstić information content (AvgIpc) is 3.11. The molecular formula is C22H28N6O2. The molecule has 0 saturated carbocycles. The van der Waals surface area contributed by atoms with E-state index in [-0.39, 0.29) is 11.8 Å². The minimum atomic E-state index is -0.154. The lowest BCUT2D eigenvalue weighted by atomic mass is 10.0. The predicted octanol–water partition coefficient (Wildman–Crippen LogP) is 2.52. The second kappa shape index (κ2) is 8.69. The Morgan fingerprint density at radius 1 is 1.23 bits per heavy atom. The number of piperidine rings is 1. The Balaban J connectivity index is 1.59. The van der Waals surface area contributed by atoms with Crippen LogP contribution in [-0.2, 0) is 17.8 Å². The molecule has 3 N–H and O–H groups in total. The summed E-state index contributed by atoms with van der Waals surface area (Å²) in [5.41, 5.74) is 2.99. The van der Waals surface area contributed by atoms with Gasteiger partial charge >= 0.3 is 0 Å². The van der Waals surface area contributed by atoms with Crippen LogP contribution in [0.25, 0.3) is 0 Å². The van der Waals surface area contributed by atoms with Crippen LogP contribution in [0.2, 0.25) is 0 Å². The van der Waals surface area contributed by atoms with E-state index in [0.717, 1.165) is 36.3 Å². The zero-order valence-corrected chi connectivity index (χ0v) is 17.5. The number of nitrogens with one attached hydrogen (secondary N) is 3. The fourth-order valence-electron chi connectivity index (χ4n) is 4.01. The number of hydrogen-bond donors (Lipinski definition) is 3. The molecule has 158 valence electrons. The largest absolute Gasteiger partial charge is 0.356 e. The Morgan fingerprint density at radius 3 is 2.77 bits per heavy atom. The smallest absolute Gasteiger partial charge is 0.257 e. The number of hydrogen-bond acceptors (Lipinski definition) is 6. The van der Waals surface area contributed by atoms with Gasteiger partial charge in [0.25, 0.3) is 5.91 Å². The molecule has 1 fully saturated rings. The highest BCUT2D eigenvalue weighted by Gasteiger charge is 2.29. The first-order valence-electron chi connectivity index (χ1n) is 10.6. The molecule has 8 nitrogen and oxygen atoms in total. The molecule has 4 rings (SSSR count). The summed E-state index contributed by atoms with van der Waals surface area (Å²) in [4.78, 5) is 35.8. The number of rotatable bonds is 6. The lowest BCUT2D eigenvalue weighted by Crippen LogP contribution is -2.38. The van der Waals surface area contributed by atoms with Crippen molar-refractivity contribution in [3.8, 4) is 0 Å². The highest BCUT2D eigenvalue weighted by molar-refractivity contribution is 6.02. The van der Waals surface area contributed by atoms with Gasteiger partial charge in [-0.3, -0.25) is 9.59 Å². The van der Waals surface area contributed by atoms with Crippen molar-refractivity contribution in [1.82, 2.24) is 20.6 Å². The van der Waals surface area contributed by atoms with Crippen molar-refractivity contribution in [3.05, 3.63) is 41.1 Å². The molecule has 2 amide bonds. The van der Waals surface area contributed by atoms with E-state index in [1.165, 1.54) is 6.42 Å². The summed E-state index contributed by atoms with van der Waals surface area (Å²) in [6, 6.07) is 8.00. The number of nitrogens with zero attached hydrogens (tertiary/aromatic N) is 3. The standard InChI is InChI=1S/C22H28N6O2/c1-3-23-18(29)12-15-7-9-16(10-8-15)25-20-19-17(13-24-21(19)30)26-22(27-20)28-11-5-4-6-14(28)2/h7-10,14H,3-6,11-13H2,1-2H3,(H,23,29)(H,24,30)(H,25,26,27). The molecule has 8 heteroatoms. The number of aromatic nitrogens is 2. The maximum atomic E-state index is 12.4. The van der Waals surface area contributed by atoms with E-state index in [9.17, 15) is 9.59 Å². The van der Waals surface area contributed by atoms with Gasteiger partial charge < -0.3 is 20.9 Å². The molecule has 1 aromatic heterocycles. The second-order valence-corrected chi connectivity index (χ2v) is 7.87. The Labute approximate surface area is 176 Å². The van der Waals surface area contributed by atoms with Crippen LogP contribution in [-0.4, -0.2) is 40.9 Å². The van der Waals surface area contributed by atoms with Gasteiger partial charge in [-0.1, -0.05) is 12.1 Å². The van der Waals surface area contributed by atoms with Crippen molar-refractivity contribution in [2.75, 3.05) is 23.3 Å². The van der Waals surface area contributed by atoms with E-state index >= 15 is 0 Å². The van der Waals surface area contributed by atoms with Gasteiger partial charge in [-0.2, -0.15) is 4.98 Å². The first kappa shape index (κ1) is 20.1. The van der Waals surface area contributed by atoms with Crippen LogP contribution < -0.4 is 20.9 Å². The number of likely N-dealkylation sites (N-methyl/N-ethyl adjacent to an activating group) is 1. The third kappa shape index (κ3) is 4.22. The van der Waals surface area contributed by atoms with Gasteiger partial charge in [-0.25, -0.2) is 4.98 Å². The number of carbonyl (C=O) groups is 2. The maximum Gasteiger partial charge on any atom is 0.257 e. The predicted molar refractivity (Wildman–Crippen MR) is 116 cm³/mol. The summed E-state index contributed by atoms with van der Waals surface area (Å²) >= 11 is 0. The molecule has 0 spiro atoms. The average molecular weight is 409 g/mol. The van der Waals surface area contributed by atoms with Gasteiger partial charge in [0.2, 0.25) is 11.9 Å². The van der Waals surface area contributed by atoms with E-state index in [2.05, 4.69) is 27.8 Å². The van der Waals surface area contributed by atoms with Gasteiger partial charge in [0, 0.05) is 24.8 Å². The molecule has 2 aliphatic rings. The third-order valence-corrected chi connectivity index (χ3v) is 5.63. The molecule has 2 aliphatic heterocycles. The molecule has 0 aliphatic carbocycles. The van der Waals surface area contributed by atoms with Crippen LogP contribution in [0.4, 0.5) is 17.5 Å². The summed E-state index contributed by atoms with van der Waals surface area (Å²) in [6.45, 7) is 6.07. The zero-order valence-electron chi connectivity index (χ0n) is 17.5. The van der Waals surface area contributed by atoms with Gasteiger partial charge in [0.1, 0.15) is 11.4 Å². The van der Waals surface area contributed by atoms with Crippen LogP contribution >= 0.6 is 0 Å². The highest BCUT2D eigenvalue weighted by Crippen LogP contribution is 2.29. The summed E-state index contributed by atoms with van der Waals surface area (Å²) in [6.07, 6.45) is 3.80. The van der Waals surface area contributed by atoms with Gasteiger partial charge in [-0.05, 0) is 50.8 Å². The van der Waals surface area contributed by atoms with Crippen molar-refractivity contribution >= 4 is 29.3 Å². The first-order chi connectivity index (χ1) is 14.5. The molecule has 2 aromatic rings. The Kier molecular flexibility index (Phi) is 5.83. The van der Waals surface area contributed by atoms with Crippen molar-refractivity contribution in [2.45, 2.75) is 52.1 Å². The highest BCUT2D eigenvalue weighted by atomic mass is 16.2. The third-order valence-electron chi connectivity index (χ3n) is 5.63. The van der Waals surface area contributed by atoms with Crippen molar-refractivity contribution in [3.63, 3.8) is 0 Å². The van der Waals surface area contributed by atoms with E-state index in [0.29, 0.717) is 42.9 Å². The quantitative estimate of drug-likeness (QED) is 0.679. The Bertz CT molecular complexity index is 943. The molecule has 1 unspecified atom stereocenters. The topological polar surface area (TPSA) is 99.2 Å². The molecule has 0 radical (unpaired) electrons. The molecule has 3 heterocycles. The monoisotopic (exact) mass is 408 g/mol. The minimum absolute atomic E-state index is 0.00351. The van der Waals surface area contributed by atoms with Gasteiger partial charge in [0.05, 0.1) is 18.7 Å². The molecule has 1 atom stereocenters. The van der Waals surface area contributed by atoms with Crippen molar-refractivity contribution in [2.24, 2.45) is 0 Å². The van der Waals surface area contributed by atoms with Crippen LogP contribution in [0.5, 0.6) is 0 Å². The van der Waals surface area contributed by atoms with E-state index in [1.54, 1.807) is 0 Å². The molecule has 30 heavy (non-hydrogen) atoms. The van der Waals surface area contributed by atoms with Crippen molar-refractivity contribution < 1.29 is 9.59 Å². The lowest BCUT2D eigenvalue weighted by molar-refractivity contribution is -0.120. The van der Waals surface area contributed by atoms with Gasteiger partial charge in [-0.15, -0.1) is 0 Å². The van der Waals surface area contributed by atoms with E-state index in [1.807, 2.05) is 31.2 Å². The van der Waals surface area contributed by atoms with Crippen LogP contribution in [0, 0.1) is 0 Å². The number of amides is 2. The molecule has 1 saturated heterocycles. The van der Waals surface area contributed by atoms with Crippen molar-refractivity contribution in [1.29, 1.82) is 0 Å². The fourth-order valence-corrected chi connectivity index (χ4v) is 4.01. The maximum absolute atomic E-state index is 12.4. The Morgan fingerprint density at radius 2 is 2.03 bits per heavy atom. The normalized spacial score (nSPS) is 18.0. The Hall–Kier alpha value is -3.16. The van der Waals surface area contributed by atoms with Crippen LogP contribution in [0.1, 0.15) is 54.7 Å².